The number of unbranched alkanes of at least 4 members (excludes halogenated alkanes) is 2. The Balaban J connectivity index is 1.87. The van der Waals surface area contributed by atoms with Gasteiger partial charge < -0.3 is 5.32 Å². The van der Waals surface area contributed by atoms with E-state index in [9.17, 15) is 0 Å². The highest BCUT2D eigenvalue weighted by Gasteiger charge is 2.36. The van der Waals surface area contributed by atoms with Crippen LogP contribution in [0.3, 0.4) is 0 Å². The van der Waals surface area contributed by atoms with E-state index >= 15 is 0 Å². The van der Waals surface area contributed by atoms with Crippen LogP contribution in [0.5, 0.6) is 0 Å². The fraction of sp³-hybridized carbons (Fsp3) is 1.00. The van der Waals surface area contributed by atoms with Gasteiger partial charge in [-0.05, 0) is 52.0 Å². The standard InChI is InChI=1S/C17H34N2/c1-4-6-7-8-14(3)19(11-5-2)17-12-15-9-10-16(13-17)18-15/h14-18H,4-13H2,1-3H3. The van der Waals surface area contributed by atoms with Crippen LogP contribution in [-0.4, -0.2) is 35.6 Å². The number of piperidine rings is 1. The molecule has 1 N–H and O–H groups in total. The van der Waals surface area contributed by atoms with Crippen molar-refractivity contribution in [1.29, 1.82) is 0 Å². The van der Waals surface area contributed by atoms with Gasteiger partial charge in [0.25, 0.3) is 0 Å². The number of nitrogens with one attached hydrogen (secondary N) is 1. The van der Waals surface area contributed by atoms with Gasteiger partial charge in [-0.15, -0.1) is 0 Å². The molecule has 0 aromatic carbocycles. The highest BCUT2D eigenvalue weighted by Crippen LogP contribution is 2.31. The summed E-state index contributed by atoms with van der Waals surface area (Å²) in [6.45, 7) is 8.41. The number of nitrogens with zero attached hydrogens (tertiary/aromatic N) is 1. The SMILES string of the molecule is CCCCCC(C)N(CCC)C1CC2CCC(C1)N2. The van der Waals surface area contributed by atoms with Gasteiger partial charge >= 0.3 is 0 Å². The molecule has 0 aromatic rings. The normalized spacial score (nSPS) is 31.9. The molecule has 2 saturated heterocycles. The molecule has 2 heterocycles. The largest absolute Gasteiger partial charge is 0.311 e. The maximum atomic E-state index is 3.78. The maximum absolute atomic E-state index is 3.78. The van der Waals surface area contributed by atoms with Gasteiger partial charge in [-0.2, -0.15) is 0 Å². The first-order valence-corrected chi connectivity index (χ1v) is 8.76. The predicted octanol–water partition coefficient (Wildman–Crippen LogP) is 3.95. The van der Waals surface area contributed by atoms with Gasteiger partial charge in [0, 0.05) is 24.2 Å². The van der Waals surface area contributed by atoms with Crippen LogP contribution in [0.4, 0.5) is 0 Å². The zero-order chi connectivity index (χ0) is 13.7. The van der Waals surface area contributed by atoms with Crippen LogP contribution >= 0.6 is 0 Å². The Kier molecular flexibility index (Phi) is 6.15. The fourth-order valence-corrected chi connectivity index (χ4v) is 4.17. The minimum absolute atomic E-state index is 0.786. The third kappa shape index (κ3) is 4.19. The van der Waals surface area contributed by atoms with Gasteiger partial charge in [0.1, 0.15) is 0 Å². The van der Waals surface area contributed by atoms with E-state index in [0.29, 0.717) is 0 Å². The predicted molar refractivity (Wildman–Crippen MR) is 83.6 cm³/mol. The number of hydrogen-bond acceptors (Lipinski definition) is 2. The van der Waals surface area contributed by atoms with Crippen LogP contribution < -0.4 is 5.32 Å². The molecule has 2 nitrogen and oxygen atoms in total. The van der Waals surface area contributed by atoms with Crippen molar-refractivity contribution in [3.05, 3.63) is 0 Å². The van der Waals surface area contributed by atoms with E-state index in [2.05, 4.69) is 31.0 Å². The topological polar surface area (TPSA) is 15.3 Å². The molecule has 19 heavy (non-hydrogen) atoms. The van der Waals surface area contributed by atoms with Crippen molar-refractivity contribution in [2.45, 2.75) is 103 Å². The molecule has 0 aromatic heterocycles. The first kappa shape index (κ1) is 15.3. The van der Waals surface area contributed by atoms with E-state index in [1.807, 2.05) is 0 Å². The third-order valence-corrected chi connectivity index (χ3v) is 5.19. The van der Waals surface area contributed by atoms with Crippen LogP contribution in [0.25, 0.3) is 0 Å². The molecular weight excluding hydrogens is 232 g/mol. The number of fused-ring (bicyclic) bond motifs is 2. The lowest BCUT2D eigenvalue weighted by atomic mass is 9.95. The van der Waals surface area contributed by atoms with Crippen molar-refractivity contribution in [2.75, 3.05) is 6.54 Å². The molecule has 0 saturated carbocycles. The molecule has 0 amide bonds. The molecule has 2 aliphatic heterocycles. The second-order valence-electron chi connectivity index (χ2n) is 6.85. The molecule has 2 bridgehead atoms. The summed E-state index contributed by atoms with van der Waals surface area (Å²) in [5.74, 6) is 0. The molecule has 2 rings (SSSR count). The van der Waals surface area contributed by atoms with Crippen molar-refractivity contribution >= 4 is 0 Å². The summed E-state index contributed by atoms with van der Waals surface area (Å²) in [5.41, 5.74) is 0. The Labute approximate surface area is 120 Å². The van der Waals surface area contributed by atoms with Gasteiger partial charge in [-0.25, -0.2) is 0 Å². The first-order chi connectivity index (χ1) is 9.24. The van der Waals surface area contributed by atoms with Crippen molar-refractivity contribution in [3.63, 3.8) is 0 Å². The average molecular weight is 266 g/mol. The van der Waals surface area contributed by atoms with Crippen molar-refractivity contribution < 1.29 is 0 Å². The molecule has 0 radical (unpaired) electrons. The van der Waals surface area contributed by atoms with E-state index in [1.165, 1.54) is 64.3 Å². The highest BCUT2D eigenvalue weighted by molar-refractivity contribution is 4.96. The van der Waals surface area contributed by atoms with E-state index in [1.54, 1.807) is 0 Å². The van der Waals surface area contributed by atoms with Crippen molar-refractivity contribution in [2.24, 2.45) is 0 Å². The lowest BCUT2D eigenvalue weighted by Gasteiger charge is -2.41. The van der Waals surface area contributed by atoms with Crippen LogP contribution in [0.2, 0.25) is 0 Å². The summed E-state index contributed by atoms with van der Waals surface area (Å²) in [4.78, 5) is 2.85. The van der Waals surface area contributed by atoms with Crippen LogP contribution in [0, 0.1) is 0 Å². The van der Waals surface area contributed by atoms with Gasteiger partial charge in [0.05, 0.1) is 0 Å². The van der Waals surface area contributed by atoms with E-state index in [0.717, 1.165) is 24.2 Å². The zero-order valence-corrected chi connectivity index (χ0v) is 13.3. The monoisotopic (exact) mass is 266 g/mol. The van der Waals surface area contributed by atoms with Gasteiger partial charge in [-0.3, -0.25) is 4.90 Å². The minimum atomic E-state index is 0.786. The van der Waals surface area contributed by atoms with Crippen LogP contribution in [0.1, 0.15) is 78.6 Å². The van der Waals surface area contributed by atoms with Crippen LogP contribution in [0.15, 0.2) is 0 Å². The number of rotatable bonds is 8. The van der Waals surface area contributed by atoms with Crippen LogP contribution in [-0.2, 0) is 0 Å². The lowest BCUT2D eigenvalue weighted by molar-refractivity contribution is 0.0954. The molecule has 0 aliphatic carbocycles. The van der Waals surface area contributed by atoms with E-state index in [4.69, 9.17) is 0 Å². The summed E-state index contributed by atoms with van der Waals surface area (Å²) >= 11 is 0. The second kappa shape index (κ2) is 7.64. The van der Waals surface area contributed by atoms with Crippen molar-refractivity contribution in [3.8, 4) is 0 Å². The molecule has 3 unspecified atom stereocenters. The van der Waals surface area contributed by atoms with E-state index in [-0.39, 0.29) is 0 Å². The number of hydrogen-bond donors (Lipinski definition) is 1. The molecule has 2 fully saturated rings. The molecule has 3 atom stereocenters. The Morgan fingerprint density at radius 1 is 1.05 bits per heavy atom. The molecule has 0 spiro atoms. The summed E-state index contributed by atoms with van der Waals surface area (Å²) in [7, 11) is 0. The molecular formula is C17H34N2. The summed E-state index contributed by atoms with van der Waals surface area (Å²) in [6, 6.07) is 3.29. The van der Waals surface area contributed by atoms with E-state index < -0.39 is 0 Å². The Hall–Kier alpha value is -0.0800. The minimum Gasteiger partial charge on any atom is -0.311 e. The highest BCUT2D eigenvalue weighted by atomic mass is 15.2. The Morgan fingerprint density at radius 3 is 2.32 bits per heavy atom. The first-order valence-electron chi connectivity index (χ1n) is 8.76. The molecule has 2 heteroatoms. The zero-order valence-electron chi connectivity index (χ0n) is 13.3. The fourth-order valence-electron chi connectivity index (χ4n) is 4.17. The van der Waals surface area contributed by atoms with Gasteiger partial charge in [0.15, 0.2) is 0 Å². The summed E-state index contributed by atoms with van der Waals surface area (Å²) < 4.78 is 0. The van der Waals surface area contributed by atoms with Gasteiger partial charge in [-0.1, -0.05) is 33.1 Å². The lowest BCUT2D eigenvalue weighted by Crippen LogP contribution is -2.51. The Bertz CT molecular complexity index is 242. The quantitative estimate of drug-likeness (QED) is 0.669. The third-order valence-electron chi connectivity index (χ3n) is 5.19. The molecule has 2 aliphatic rings. The van der Waals surface area contributed by atoms with Gasteiger partial charge in [0.2, 0.25) is 0 Å². The maximum Gasteiger partial charge on any atom is 0.0128 e. The Morgan fingerprint density at radius 2 is 1.74 bits per heavy atom. The van der Waals surface area contributed by atoms with Crippen molar-refractivity contribution in [1.82, 2.24) is 10.2 Å². The second-order valence-corrected chi connectivity index (χ2v) is 6.85. The smallest absolute Gasteiger partial charge is 0.0128 e. The summed E-state index contributed by atoms with van der Waals surface area (Å²) in [6.07, 6.45) is 12.5. The molecule has 112 valence electrons. The summed E-state index contributed by atoms with van der Waals surface area (Å²) in [5, 5.41) is 3.78. The average Bonchev–Trinajstić information content (AvgIpc) is 2.75.